The molecule has 0 amide bonds. The highest BCUT2D eigenvalue weighted by Gasteiger charge is 2.43. The Hall–Kier alpha value is -5.90. The third-order valence-electron chi connectivity index (χ3n) is 7.39. The highest BCUT2D eigenvalue weighted by Crippen LogP contribution is 2.36. The molecular formula is C29H25N8O5+. The number of carbonyl (C=O) groups excluding carboxylic acids is 1. The number of carbonyl (C=O) groups is 1. The lowest BCUT2D eigenvalue weighted by Gasteiger charge is -2.29. The minimum Gasteiger partial charge on any atom is -0.336 e. The molecule has 0 N–H and O–H groups in total. The van der Waals surface area contributed by atoms with Gasteiger partial charge in [0.1, 0.15) is 12.0 Å². The average molecular weight is 566 g/mol. The fourth-order valence-electron chi connectivity index (χ4n) is 5.13. The lowest BCUT2D eigenvalue weighted by Crippen LogP contribution is -2.41. The normalized spacial score (nSPS) is 19.3. The molecule has 0 bridgehead atoms. The van der Waals surface area contributed by atoms with Gasteiger partial charge in [-0.15, -0.1) is 0 Å². The second kappa shape index (κ2) is 10.6. The lowest BCUT2D eigenvalue weighted by molar-refractivity contribution is -0.672. The number of imidazole rings is 1. The van der Waals surface area contributed by atoms with Gasteiger partial charge in [0, 0.05) is 61.8 Å². The van der Waals surface area contributed by atoms with Crippen LogP contribution in [0.25, 0.3) is 23.0 Å². The number of hydrogen-bond acceptors (Lipinski definition) is 9. The highest BCUT2D eigenvalue weighted by molar-refractivity contribution is 6.43. The predicted molar refractivity (Wildman–Crippen MR) is 153 cm³/mol. The molecule has 13 heteroatoms. The Balaban J connectivity index is 1.42. The van der Waals surface area contributed by atoms with Crippen LogP contribution in [0, 0.1) is 37.6 Å². The molecule has 2 heterocycles. The van der Waals surface area contributed by atoms with Crippen molar-refractivity contribution in [2.24, 2.45) is 25.0 Å². The second-order valence-corrected chi connectivity index (χ2v) is 9.86. The van der Waals surface area contributed by atoms with Gasteiger partial charge in [-0.1, -0.05) is 0 Å². The number of ketones is 1. The van der Waals surface area contributed by atoms with Crippen LogP contribution in [-0.4, -0.2) is 49.8 Å². The molecule has 210 valence electrons. The third kappa shape index (κ3) is 4.71. The van der Waals surface area contributed by atoms with Crippen molar-refractivity contribution in [2.45, 2.75) is 0 Å². The van der Waals surface area contributed by atoms with Gasteiger partial charge in [-0.25, -0.2) is 9.13 Å². The Morgan fingerprint density at radius 2 is 1.55 bits per heavy atom. The lowest BCUT2D eigenvalue weighted by atomic mass is 9.75. The maximum Gasteiger partial charge on any atom is 0.282 e. The zero-order chi connectivity index (χ0) is 30.3. The molecule has 1 aliphatic heterocycles. The SMILES string of the molecule is CN1C=C(c2ccc([N+](=O)[O-])cc2)N(C)/C1=C\C1C(=O)/C(=C\c2n(C)c(-c3ccc([N+](=O)[O-])cc3)c[n+]2C)C1=NC#N. The first-order valence-electron chi connectivity index (χ1n) is 12.7. The van der Waals surface area contributed by atoms with Crippen LogP contribution >= 0.6 is 0 Å². The number of rotatable bonds is 6. The van der Waals surface area contributed by atoms with E-state index in [0.29, 0.717) is 22.9 Å². The summed E-state index contributed by atoms with van der Waals surface area (Å²) in [7, 11) is 7.29. The van der Waals surface area contributed by atoms with Crippen molar-refractivity contribution < 1.29 is 19.2 Å². The van der Waals surface area contributed by atoms with Gasteiger partial charge in [-0.3, -0.25) is 25.0 Å². The van der Waals surface area contributed by atoms with Gasteiger partial charge >= 0.3 is 0 Å². The molecule has 0 radical (unpaired) electrons. The van der Waals surface area contributed by atoms with E-state index in [0.717, 1.165) is 22.5 Å². The first-order valence-corrected chi connectivity index (χ1v) is 12.7. The van der Waals surface area contributed by atoms with Crippen LogP contribution in [-0.2, 0) is 18.9 Å². The summed E-state index contributed by atoms with van der Waals surface area (Å²) in [4.78, 5) is 42.2. The van der Waals surface area contributed by atoms with Crippen LogP contribution in [0.5, 0.6) is 0 Å². The first-order chi connectivity index (χ1) is 20.0. The molecule has 3 aromatic rings. The average Bonchev–Trinajstić information content (AvgIpc) is 3.42. The van der Waals surface area contributed by atoms with Gasteiger partial charge < -0.3 is 9.80 Å². The van der Waals surface area contributed by atoms with Crippen molar-refractivity contribution in [3.63, 3.8) is 0 Å². The molecule has 1 fully saturated rings. The van der Waals surface area contributed by atoms with Crippen molar-refractivity contribution in [1.29, 1.82) is 5.26 Å². The summed E-state index contributed by atoms with van der Waals surface area (Å²) < 4.78 is 3.68. The van der Waals surface area contributed by atoms with Crippen LogP contribution in [0.3, 0.4) is 0 Å². The van der Waals surface area contributed by atoms with E-state index in [1.54, 1.807) is 36.4 Å². The molecule has 2 aromatic carbocycles. The molecule has 1 aromatic heterocycles. The number of aliphatic imine (C=N–C) groups is 1. The summed E-state index contributed by atoms with van der Waals surface area (Å²) >= 11 is 0. The predicted octanol–water partition coefficient (Wildman–Crippen LogP) is 3.55. The number of Topliss-reactive ketones (excluding diaryl/α,β-unsaturated/α-hetero) is 1. The Morgan fingerprint density at radius 1 is 0.976 bits per heavy atom. The molecule has 1 saturated carbocycles. The fourth-order valence-corrected chi connectivity index (χ4v) is 5.13. The maximum atomic E-state index is 13.4. The summed E-state index contributed by atoms with van der Waals surface area (Å²) in [6.07, 6.45) is 8.95. The number of benzene rings is 2. The first kappa shape index (κ1) is 27.7. The summed E-state index contributed by atoms with van der Waals surface area (Å²) in [6.45, 7) is 0. The molecule has 1 unspecified atom stereocenters. The van der Waals surface area contributed by atoms with Crippen molar-refractivity contribution >= 4 is 34.6 Å². The Labute approximate surface area is 240 Å². The van der Waals surface area contributed by atoms with Gasteiger partial charge in [0.25, 0.3) is 17.2 Å². The number of nitro benzene ring substituents is 2. The van der Waals surface area contributed by atoms with E-state index in [1.165, 1.54) is 24.3 Å². The van der Waals surface area contributed by atoms with Crippen molar-refractivity contribution in [1.82, 2.24) is 14.4 Å². The fraction of sp³-hybridized carbons (Fsp3) is 0.172. The van der Waals surface area contributed by atoms with Gasteiger partial charge in [-0.05, 0) is 30.3 Å². The molecule has 42 heavy (non-hydrogen) atoms. The van der Waals surface area contributed by atoms with Crippen LogP contribution < -0.4 is 4.57 Å². The molecule has 13 nitrogen and oxygen atoms in total. The van der Waals surface area contributed by atoms with Gasteiger partial charge in [0.15, 0.2) is 11.5 Å². The minimum atomic E-state index is -0.736. The number of aryl methyl sites for hydroxylation is 1. The topological polar surface area (TPSA) is 155 Å². The number of hydrogen-bond donors (Lipinski definition) is 0. The van der Waals surface area contributed by atoms with Gasteiger partial charge in [0.2, 0.25) is 6.19 Å². The standard InChI is InChI=1S/C29H25N8O5/c1-32-15-24(18-5-9-20(10-6-18)36(39)40)34(3)26(32)13-22-28(31-17-30)23(29(22)38)14-27-33(2)16-25(35(27)4)19-7-11-21(12-8-19)37(41)42/h5-16,22H,1-4H3/q+1/b23-14-,26-13-,31-28?. The molecule has 1 aliphatic carbocycles. The quantitative estimate of drug-likeness (QED) is 0.144. The number of allylic oxidation sites excluding steroid dienone is 2. The molecule has 0 saturated heterocycles. The monoisotopic (exact) mass is 565 g/mol. The van der Waals surface area contributed by atoms with Crippen LogP contribution in [0.2, 0.25) is 0 Å². The molecule has 0 spiro atoms. The Bertz CT molecular complexity index is 1810. The summed E-state index contributed by atoms with van der Waals surface area (Å²) in [6, 6.07) is 12.4. The molecule has 5 rings (SSSR count). The maximum absolute atomic E-state index is 13.4. The Morgan fingerprint density at radius 3 is 2.10 bits per heavy atom. The van der Waals surface area contributed by atoms with E-state index < -0.39 is 15.8 Å². The third-order valence-corrected chi connectivity index (χ3v) is 7.39. The van der Waals surface area contributed by atoms with Crippen molar-refractivity contribution in [3.8, 4) is 17.5 Å². The van der Waals surface area contributed by atoms with E-state index in [4.69, 9.17) is 0 Å². The number of aromatic nitrogens is 2. The summed E-state index contributed by atoms with van der Waals surface area (Å²) in [5.41, 5.74) is 3.75. The van der Waals surface area contributed by atoms with Crippen LogP contribution in [0.1, 0.15) is 11.4 Å². The van der Waals surface area contributed by atoms with Crippen molar-refractivity contribution in [3.05, 3.63) is 110 Å². The molecular weight excluding hydrogens is 540 g/mol. The zero-order valence-corrected chi connectivity index (χ0v) is 23.1. The number of nitro groups is 2. The number of nitriles is 1. The van der Waals surface area contributed by atoms with Crippen LogP contribution in [0.15, 0.2) is 83.4 Å². The zero-order valence-electron chi connectivity index (χ0n) is 23.1. The van der Waals surface area contributed by atoms with E-state index in [9.17, 15) is 30.3 Å². The molecule has 2 aliphatic rings. The van der Waals surface area contributed by atoms with Crippen LogP contribution in [0.4, 0.5) is 11.4 Å². The summed E-state index contributed by atoms with van der Waals surface area (Å²) in [5.74, 6) is 0.428. The largest absolute Gasteiger partial charge is 0.336 e. The number of non-ortho nitro benzene ring substituents is 2. The van der Waals surface area contributed by atoms with Gasteiger partial charge in [0.05, 0.1) is 46.8 Å². The van der Waals surface area contributed by atoms with E-state index >= 15 is 0 Å². The van der Waals surface area contributed by atoms with Crippen molar-refractivity contribution in [2.75, 3.05) is 14.1 Å². The Kier molecular flexibility index (Phi) is 6.97. The second-order valence-electron chi connectivity index (χ2n) is 9.86. The van der Waals surface area contributed by atoms with E-state index in [2.05, 4.69) is 4.99 Å². The highest BCUT2D eigenvalue weighted by atomic mass is 16.6. The van der Waals surface area contributed by atoms with E-state index in [1.807, 2.05) is 65.7 Å². The minimum absolute atomic E-state index is 0.00709. The van der Waals surface area contributed by atoms with E-state index in [-0.39, 0.29) is 17.2 Å². The molecule has 1 atom stereocenters. The van der Waals surface area contributed by atoms with Gasteiger partial charge in [-0.2, -0.15) is 10.3 Å². The summed E-state index contributed by atoms with van der Waals surface area (Å²) in [5, 5.41) is 31.4. The smallest absolute Gasteiger partial charge is 0.282 e. The number of nitrogens with zero attached hydrogens (tertiary/aromatic N) is 8.